The van der Waals surface area contributed by atoms with Crippen LogP contribution in [0.15, 0.2) is 48.5 Å². The van der Waals surface area contributed by atoms with E-state index in [0.29, 0.717) is 29.2 Å². The van der Waals surface area contributed by atoms with Crippen molar-refractivity contribution in [3.8, 4) is 11.3 Å². The lowest BCUT2D eigenvalue weighted by molar-refractivity contribution is 0.453. The fourth-order valence-electron chi connectivity index (χ4n) is 3.94. The second-order valence-electron chi connectivity index (χ2n) is 7.66. The second-order valence-corrected chi connectivity index (χ2v) is 8.48. The van der Waals surface area contributed by atoms with Gasteiger partial charge in [-0.1, -0.05) is 85.3 Å². The SMILES string of the molecule is Clc1cccc(Cl)c1Cn1nc(CNC2CCCCCC2)c(-c2ccccc2)n1. The van der Waals surface area contributed by atoms with Crippen molar-refractivity contribution in [3.05, 3.63) is 69.8 Å². The van der Waals surface area contributed by atoms with E-state index in [0.717, 1.165) is 22.5 Å². The average Bonchev–Trinajstić information content (AvgIpc) is 2.95. The van der Waals surface area contributed by atoms with E-state index >= 15 is 0 Å². The average molecular weight is 429 g/mol. The van der Waals surface area contributed by atoms with Crippen LogP contribution in [0.2, 0.25) is 10.0 Å². The summed E-state index contributed by atoms with van der Waals surface area (Å²) in [6.45, 7) is 1.16. The number of benzene rings is 2. The molecule has 0 bridgehead atoms. The van der Waals surface area contributed by atoms with E-state index in [-0.39, 0.29) is 0 Å². The van der Waals surface area contributed by atoms with Crippen molar-refractivity contribution >= 4 is 23.2 Å². The van der Waals surface area contributed by atoms with Gasteiger partial charge in [0.15, 0.2) is 0 Å². The van der Waals surface area contributed by atoms with Crippen molar-refractivity contribution in [2.45, 2.75) is 57.7 Å². The van der Waals surface area contributed by atoms with E-state index in [4.69, 9.17) is 33.4 Å². The van der Waals surface area contributed by atoms with Gasteiger partial charge < -0.3 is 5.32 Å². The number of nitrogens with zero attached hydrogens (tertiary/aromatic N) is 3. The monoisotopic (exact) mass is 428 g/mol. The zero-order valence-corrected chi connectivity index (χ0v) is 18.0. The molecule has 1 saturated carbocycles. The lowest BCUT2D eigenvalue weighted by Crippen LogP contribution is -2.28. The van der Waals surface area contributed by atoms with Crippen molar-refractivity contribution in [1.29, 1.82) is 0 Å². The number of hydrogen-bond acceptors (Lipinski definition) is 3. The topological polar surface area (TPSA) is 42.7 Å². The molecule has 0 aliphatic heterocycles. The molecule has 0 atom stereocenters. The van der Waals surface area contributed by atoms with Gasteiger partial charge >= 0.3 is 0 Å². The zero-order valence-electron chi connectivity index (χ0n) is 16.5. The molecule has 3 aromatic rings. The van der Waals surface area contributed by atoms with Gasteiger partial charge in [-0.15, -0.1) is 0 Å². The molecule has 2 aromatic carbocycles. The fourth-order valence-corrected chi connectivity index (χ4v) is 4.46. The van der Waals surface area contributed by atoms with Crippen LogP contribution < -0.4 is 5.32 Å². The first kappa shape index (κ1) is 20.4. The van der Waals surface area contributed by atoms with Gasteiger partial charge in [0.05, 0.1) is 6.54 Å². The van der Waals surface area contributed by atoms with E-state index < -0.39 is 0 Å². The molecule has 1 N–H and O–H groups in total. The highest BCUT2D eigenvalue weighted by Crippen LogP contribution is 2.26. The van der Waals surface area contributed by atoms with E-state index in [1.54, 1.807) is 4.80 Å². The third-order valence-corrected chi connectivity index (χ3v) is 6.25. The molecule has 1 aromatic heterocycles. The largest absolute Gasteiger partial charge is 0.308 e. The van der Waals surface area contributed by atoms with Gasteiger partial charge in [0, 0.05) is 33.8 Å². The van der Waals surface area contributed by atoms with Crippen molar-refractivity contribution in [2.24, 2.45) is 0 Å². The maximum atomic E-state index is 6.36. The molecule has 1 heterocycles. The normalized spacial score (nSPS) is 15.4. The molecule has 6 heteroatoms. The summed E-state index contributed by atoms with van der Waals surface area (Å²) in [6, 6.07) is 16.3. The van der Waals surface area contributed by atoms with Crippen LogP contribution in [0.3, 0.4) is 0 Å². The molecule has 0 radical (unpaired) electrons. The second kappa shape index (κ2) is 9.75. The summed E-state index contributed by atoms with van der Waals surface area (Å²) < 4.78 is 0. The minimum absolute atomic E-state index is 0.446. The summed E-state index contributed by atoms with van der Waals surface area (Å²) in [5.74, 6) is 0. The van der Waals surface area contributed by atoms with Gasteiger partial charge in [-0.25, -0.2) is 0 Å². The van der Waals surface area contributed by atoms with Gasteiger partial charge in [0.1, 0.15) is 11.4 Å². The highest BCUT2D eigenvalue weighted by atomic mass is 35.5. The first-order valence-corrected chi connectivity index (χ1v) is 11.1. The third-order valence-electron chi connectivity index (χ3n) is 5.55. The summed E-state index contributed by atoms with van der Waals surface area (Å²) in [7, 11) is 0. The molecule has 1 fully saturated rings. The van der Waals surface area contributed by atoms with Crippen LogP contribution in [-0.2, 0) is 13.1 Å². The van der Waals surface area contributed by atoms with Crippen molar-refractivity contribution in [1.82, 2.24) is 20.3 Å². The Morgan fingerprint density at radius 3 is 2.24 bits per heavy atom. The van der Waals surface area contributed by atoms with Gasteiger partial charge in [-0.05, 0) is 25.0 Å². The zero-order chi connectivity index (χ0) is 20.1. The van der Waals surface area contributed by atoms with Crippen molar-refractivity contribution < 1.29 is 0 Å². The summed E-state index contributed by atoms with van der Waals surface area (Å²) in [4.78, 5) is 1.71. The van der Waals surface area contributed by atoms with Crippen LogP contribution in [0, 0.1) is 0 Å². The van der Waals surface area contributed by atoms with Crippen molar-refractivity contribution in [2.75, 3.05) is 0 Å². The molecular formula is C23H26Cl2N4. The Kier molecular flexibility index (Phi) is 6.86. The molecule has 0 amide bonds. The standard InChI is InChI=1S/C23H26Cl2N4/c24-20-13-8-14-21(25)19(20)16-29-27-22(15-26-18-11-6-1-2-7-12-18)23(28-29)17-9-4-3-5-10-17/h3-5,8-10,13-14,18,26H,1-2,6-7,11-12,15-16H2. The van der Waals surface area contributed by atoms with Crippen LogP contribution in [0.5, 0.6) is 0 Å². The summed E-state index contributed by atoms with van der Waals surface area (Å²) in [5, 5.41) is 14.6. The van der Waals surface area contributed by atoms with E-state index in [9.17, 15) is 0 Å². The molecule has 1 aliphatic rings. The quantitative estimate of drug-likeness (QED) is 0.481. The molecule has 152 valence electrons. The lowest BCUT2D eigenvalue weighted by atomic mass is 10.1. The fraction of sp³-hybridized carbons (Fsp3) is 0.391. The first-order chi connectivity index (χ1) is 14.2. The maximum Gasteiger partial charge on any atom is 0.117 e. The van der Waals surface area contributed by atoms with Gasteiger partial charge in [-0.2, -0.15) is 15.0 Å². The Bertz CT molecular complexity index is 911. The Morgan fingerprint density at radius 1 is 0.862 bits per heavy atom. The predicted molar refractivity (Wildman–Crippen MR) is 119 cm³/mol. The smallest absolute Gasteiger partial charge is 0.117 e. The molecule has 4 nitrogen and oxygen atoms in total. The summed E-state index contributed by atoms with van der Waals surface area (Å²) >= 11 is 12.7. The molecule has 29 heavy (non-hydrogen) atoms. The van der Waals surface area contributed by atoms with E-state index in [1.165, 1.54) is 38.5 Å². The molecule has 1 aliphatic carbocycles. The number of rotatable bonds is 6. The third kappa shape index (κ3) is 5.19. The molecular weight excluding hydrogens is 403 g/mol. The Balaban J connectivity index is 1.58. The van der Waals surface area contributed by atoms with Crippen LogP contribution >= 0.6 is 23.2 Å². The molecule has 0 saturated heterocycles. The molecule has 4 rings (SSSR count). The highest BCUT2D eigenvalue weighted by Gasteiger charge is 2.17. The van der Waals surface area contributed by atoms with Crippen LogP contribution in [0.1, 0.15) is 49.8 Å². The van der Waals surface area contributed by atoms with Crippen molar-refractivity contribution in [3.63, 3.8) is 0 Å². The van der Waals surface area contributed by atoms with E-state index in [1.807, 2.05) is 36.4 Å². The minimum Gasteiger partial charge on any atom is -0.308 e. The van der Waals surface area contributed by atoms with Gasteiger partial charge in [-0.3, -0.25) is 0 Å². The van der Waals surface area contributed by atoms with Gasteiger partial charge in [0.2, 0.25) is 0 Å². The summed E-state index contributed by atoms with van der Waals surface area (Å²) in [5.41, 5.74) is 3.79. The summed E-state index contributed by atoms with van der Waals surface area (Å²) in [6.07, 6.45) is 7.79. The number of halogens is 2. The maximum absolute atomic E-state index is 6.36. The Hall–Kier alpha value is -1.88. The highest BCUT2D eigenvalue weighted by molar-refractivity contribution is 6.35. The van der Waals surface area contributed by atoms with Gasteiger partial charge in [0.25, 0.3) is 0 Å². The van der Waals surface area contributed by atoms with Crippen LogP contribution in [-0.4, -0.2) is 21.0 Å². The minimum atomic E-state index is 0.446. The molecule has 0 spiro atoms. The first-order valence-electron chi connectivity index (χ1n) is 10.4. The van der Waals surface area contributed by atoms with Crippen LogP contribution in [0.25, 0.3) is 11.3 Å². The van der Waals surface area contributed by atoms with Crippen LogP contribution in [0.4, 0.5) is 0 Å². The van der Waals surface area contributed by atoms with E-state index in [2.05, 4.69) is 17.4 Å². The Labute approximate surface area is 182 Å². The molecule has 0 unspecified atom stereocenters. The number of aromatic nitrogens is 3. The number of hydrogen-bond donors (Lipinski definition) is 1. The lowest BCUT2D eigenvalue weighted by Gasteiger charge is -2.15. The predicted octanol–water partition coefficient (Wildman–Crippen LogP) is 6.11. The number of nitrogens with one attached hydrogen (secondary N) is 1. The Morgan fingerprint density at radius 2 is 1.55 bits per heavy atom.